The van der Waals surface area contributed by atoms with E-state index < -0.39 is 4.92 Å². The van der Waals surface area contributed by atoms with Crippen molar-refractivity contribution in [2.45, 2.75) is 6.92 Å². The molecule has 0 amide bonds. The number of phenols is 1. The van der Waals surface area contributed by atoms with Crippen LogP contribution in [0.15, 0.2) is 82.3 Å². The third kappa shape index (κ3) is 4.24. The third-order valence-electron chi connectivity index (χ3n) is 4.70. The van der Waals surface area contributed by atoms with Crippen LogP contribution in [0.25, 0.3) is 16.8 Å². The molecule has 8 heteroatoms. The highest BCUT2D eigenvalue weighted by Gasteiger charge is 2.18. The summed E-state index contributed by atoms with van der Waals surface area (Å²) >= 11 is 3.50. The second kappa shape index (κ2) is 8.53. The first-order valence-electron chi connectivity index (χ1n) is 9.36. The first-order valence-corrected chi connectivity index (χ1v) is 10.2. The van der Waals surface area contributed by atoms with E-state index >= 15 is 0 Å². The van der Waals surface area contributed by atoms with Gasteiger partial charge in [0, 0.05) is 33.9 Å². The Kier molecular flexibility index (Phi) is 5.64. The van der Waals surface area contributed by atoms with E-state index in [2.05, 4.69) is 26.0 Å². The van der Waals surface area contributed by atoms with Gasteiger partial charge < -0.3 is 5.11 Å². The SMILES string of the molecule is Cc1nn(-c2ccccc2)c(/N=C/c2cc([N+](=O)[O-])ccc2O)c1-c1cccc(Br)c1. The zero-order chi connectivity index (χ0) is 22.0. The number of halogens is 1. The standard InChI is InChI=1S/C23H17BrN4O3/c1-15-22(16-6-5-7-18(24)12-16)23(27(26-15)19-8-3-2-4-9-19)25-14-17-13-20(28(30)31)10-11-21(17)29/h2-14,29H,1H3/b25-14+. The Balaban J connectivity index is 1.90. The molecule has 0 saturated heterocycles. The summed E-state index contributed by atoms with van der Waals surface area (Å²) in [6.45, 7) is 1.90. The fourth-order valence-electron chi connectivity index (χ4n) is 3.26. The molecule has 0 aliphatic rings. The summed E-state index contributed by atoms with van der Waals surface area (Å²) in [5.74, 6) is 0.452. The average molecular weight is 477 g/mol. The number of para-hydroxylation sites is 1. The highest BCUT2D eigenvalue weighted by atomic mass is 79.9. The van der Waals surface area contributed by atoms with Crippen molar-refractivity contribution < 1.29 is 10.0 Å². The van der Waals surface area contributed by atoms with Crippen molar-refractivity contribution >= 4 is 33.6 Å². The van der Waals surface area contributed by atoms with Gasteiger partial charge in [-0.3, -0.25) is 10.1 Å². The van der Waals surface area contributed by atoms with E-state index in [1.165, 1.54) is 24.4 Å². The van der Waals surface area contributed by atoms with Crippen molar-refractivity contribution in [3.05, 3.63) is 98.6 Å². The molecule has 0 atom stereocenters. The summed E-state index contributed by atoms with van der Waals surface area (Å²) in [5, 5.41) is 26.0. The number of phenolic OH excluding ortho intramolecular Hbond substituents is 1. The lowest BCUT2D eigenvalue weighted by atomic mass is 10.1. The number of aromatic hydroxyl groups is 1. The maximum absolute atomic E-state index is 11.1. The molecule has 0 spiro atoms. The fraction of sp³-hybridized carbons (Fsp3) is 0.0435. The van der Waals surface area contributed by atoms with Gasteiger partial charge >= 0.3 is 0 Å². The number of nitrogens with zero attached hydrogens (tertiary/aromatic N) is 4. The minimum atomic E-state index is -0.512. The van der Waals surface area contributed by atoms with Crippen LogP contribution in [0.2, 0.25) is 0 Å². The third-order valence-corrected chi connectivity index (χ3v) is 5.19. The minimum absolute atomic E-state index is 0.0964. The smallest absolute Gasteiger partial charge is 0.270 e. The molecule has 1 heterocycles. The summed E-state index contributed by atoms with van der Waals surface area (Å²) in [6.07, 6.45) is 1.42. The van der Waals surface area contributed by atoms with E-state index in [0.29, 0.717) is 5.82 Å². The molecule has 0 unspecified atom stereocenters. The molecule has 31 heavy (non-hydrogen) atoms. The van der Waals surface area contributed by atoms with Crippen molar-refractivity contribution in [2.24, 2.45) is 4.99 Å². The molecular weight excluding hydrogens is 460 g/mol. The number of nitro benzene ring substituents is 1. The second-order valence-corrected chi connectivity index (χ2v) is 7.72. The number of aryl methyl sites for hydroxylation is 1. The fourth-order valence-corrected chi connectivity index (χ4v) is 3.65. The van der Waals surface area contributed by atoms with Crippen molar-refractivity contribution in [2.75, 3.05) is 0 Å². The normalized spacial score (nSPS) is 11.2. The van der Waals surface area contributed by atoms with Crippen LogP contribution in [0.5, 0.6) is 5.75 Å². The molecule has 0 aliphatic carbocycles. The maximum Gasteiger partial charge on any atom is 0.270 e. The number of nitro groups is 1. The van der Waals surface area contributed by atoms with Crippen molar-refractivity contribution in [1.29, 1.82) is 0 Å². The first-order chi connectivity index (χ1) is 14.9. The van der Waals surface area contributed by atoms with Gasteiger partial charge in [0.2, 0.25) is 0 Å². The number of rotatable bonds is 5. The van der Waals surface area contributed by atoms with Gasteiger partial charge in [0.25, 0.3) is 5.69 Å². The molecule has 0 bridgehead atoms. The van der Waals surface area contributed by atoms with Gasteiger partial charge in [-0.15, -0.1) is 0 Å². The van der Waals surface area contributed by atoms with E-state index in [4.69, 9.17) is 0 Å². The van der Waals surface area contributed by atoms with E-state index in [0.717, 1.165) is 27.0 Å². The molecule has 4 rings (SSSR count). The predicted molar refractivity (Wildman–Crippen MR) is 123 cm³/mol. The van der Waals surface area contributed by atoms with Crippen LogP contribution in [0.1, 0.15) is 11.3 Å². The predicted octanol–water partition coefficient (Wildman–Crippen LogP) is 5.97. The molecule has 154 valence electrons. The lowest BCUT2D eigenvalue weighted by Gasteiger charge is -2.07. The largest absolute Gasteiger partial charge is 0.507 e. The Morgan fingerprint density at radius 2 is 1.87 bits per heavy atom. The molecule has 1 aromatic heterocycles. The maximum atomic E-state index is 11.1. The molecular formula is C23H17BrN4O3. The summed E-state index contributed by atoms with van der Waals surface area (Å²) in [7, 11) is 0. The van der Waals surface area contributed by atoms with Crippen LogP contribution >= 0.6 is 15.9 Å². The molecule has 3 aromatic carbocycles. The topological polar surface area (TPSA) is 93.5 Å². The molecule has 4 aromatic rings. The number of hydrogen-bond donors (Lipinski definition) is 1. The van der Waals surface area contributed by atoms with Crippen molar-refractivity contribution in [3.63, 3.8) is 0 Å². The van der Waals surface area contributed by atoms with Crippen LogP contribution in [0, 0.1) is 17.0 Å². The van der Waals surface area contributed by atoms with E-state index in [1.54, 1.807) is 4.68 Å². The summed E-state index contributed by atoms with van der Waals surface area (Å²) < 4.78 is 2.64. The second-order valence-electron chi connectivity index (χ2n) is 6.80. The van der Waals surface area contributed by atoms with Gasteiger partial charge in [-0.25, -0.2) is 9.67 Å². The number of aromatic nitrogens is 2. The average Bonchev–Trinajstić information content (AvgIpc) is 3.09. The number of hydrogen-bond acceptors (Lipinski definition) is 5. The number of benzene rings is 3. The summed E-state index contributed by atoms with van der Waals surface area (Å²) in [6, 6.07) is 21.2. The van der Waals surface area contributed by atoms with Crippen LogP contribution in [-0.2, 0) is 0 Å². The molecule has 0 saturated carbocycles. The molecule has 7 nitrogen and oxygen atoms in total. The van der Waals surface area contributed by atoms with Crippen LogP contribution < -0.4 is 0 Å². The van der Waals surface area contributed by atoms with Crippen LogP contribution in [0.4, 0.5) is 11.5 Å². The summed E-state index contributed by atoms with van der Waals surface area (Å²) in [5.41, 5.74) is 3.46. The van der Waals surface area contributed by atoms with Crippen molar-refractivity contribution in [1.82, 2.24) is 9.78 Å². The van der Waals surface area contributed by atoms with Crippen LogP contribution in [-0.4, -0.2) is 26.0 Å². The van der Waals surface area contributed by atoms with Gasteiger partial charge in [0.1, 0.15) is 5.75 Å². The quantitative estimate of drug-likeness (QED) is 0.218. The van der Waals surface area contributed by atoms with E-state index in [-0.39, 0.29) is 17.0 Å². The monoisotopic (exact) mass is 476 g/mol. The Labute approximate surface area is 186 Å². The number of aliphatic imine (C=N–C) groups is 1. The Morgan fingerprint density at radius 3 is 2.58 bits per heavy atom. The summed E-state index contributed by atoms with van der Waals surface area (Å²) in [4.78, 5) is 15.2. The van der Waals surface area contributed by atoms with Crippen molar-refractivity contribution in [3.8, 4) is 22.6 Å². The highest BCUT2D eigenvalue weighted by Crippen LogP contribution is 2.36. The lowest BCUT2D eigenvalue weighted by Crippen LogP contribution is -1.96. The molecule has 1 N–H and O–H groups in total. The Morgan fingerprint density at radius 1 is 1.10 bits per heavy atom. The van der Waals surface area contributed by atoms with Gasteiger partial charge in [-0.05, 0) is 42.8 Å². The van der Waals surface area contributed by atoms with E-state index in [9.17, 15) is 15.2 Å². The Hall–Kier alpha value is -3.78. The van der Waals surface area contributed by atoms with Gasteiger partial charge in [-0.1, -0.05) is 46.3 Å². The van der Waals surface area contributed by atoms with Gasteiger partial charge in [0.05, 0.1) is 16.3 Å². The highest BCUT2D eigenvalue weighted by molar-refractivity contribution is 9.10. The molecule has 0 aliphatic heterocycles. The minimum Gasteiger partial charge on any atom is -0.507 e. The van der Waals surface area contributed by atoms with Crippen LogP contribution in [0.3, 0.4) is 0 Å². The van der Waals surface area contributed by atoms with Gasteiger partial charge in [0.15, 0.2) is 5.82 Å². The zero-order valence-electron chi connectivity index (χ0n) is 16.4. The zero-order valence-corrected chi connectivity index (χ0v) is 18.0. The number of non-ortho nitro benzene ring substituents is 1. The first kappa shape index (κ1) is 20.5. The molecule has 0 fully saturated rings. The van der Waals surface area contributed by atoms with E-state index in [1.807, 2.05) is 61.5 Å². The lowest BCUT2D eigenvalue weighted by molar-refractivity contribution is -0.384. The molecule has 0 radical (unpaired) electrons. The van der Waals surface area contributed by atoms with Gasteiger partial charge in [-0.2, -0.15) is 5.10 Å². The Bertz CT molecular complexity index is 1300.